The standard InChI is InChI=1S/C26H25ClN2O4/c1-4-32-19-9-5-16(6-10-19)26-29-22(20-14-18(27)8-12-23(20)33-26)15-21(28-29)17-7-11-24(30-2)25(13-17)31-3/h5-14,22,26H,4,15H2,1-3H3/t22-,26-/m1/s1. The van der Waals surface area contributed by atoms with Crippen LogP contribution in [0.1, 0.15) is 42.3 Å². The molecule has 33 heavy (non-hydrogen) atoms. The molecule has 0 N–H and O–H groups in total. The lowest BCUT2D eigenvalue weighted by atomic mass is 9.95. The third-order valence-electron chi connectivity index (χ3n) is 5.94. The monoisotopic (exact) mass is 464 g/mol. The molecule has 0 saturated heterocycles. The van der Waals surface area contributed by atoms with Crippen molar-refractivity contribution in [2.75, 3.05) is 20.8 Å². The van der Waals surface area contributed by atoms with Gasteiger partial charge in [-0.1, -0.05) is 11.6 Å². The van der Waals surface area contributed by atoms with E-state index in [0.29, 0.717) is 23.1 Å². The molecule has 2 aliphatic heterocycles. The van der Waals surface area contributed by atoms with Crippen molar-refractivity contribution in [3.05, 3.63) is 82.4 Å². The lowest BCUT2D eigenvalue weighted by molar-refractivity contribution is -0.0190. The van der Waals surface area contributed by atoms with E-state index in [2.05, 4.69) is 0 Å². The van der Waals surface area contributed by atoms with E-state index in [1.54, 1.807) is 14.2 Å². The number of ether oxygens (including phenoxy) is 4. The Labute approximate surface area is 198 Å². The summed E-state index contributed by atoms with van der Waals surface area (Å²) in [6.45, 7) is 2.60. The smallest absolute Gasteiger partial charge is 0.213 e. The molecule has 2 heterocycles. The Balaban J connectivity index is 1.55. The quantitative estimate of drug-likeness (QED) is 0.448. The van der Waals surface area contributed by atoms with Crippen molar-refractivity contribution >= 4 is 17.3 Å². The average Bonchev–Trinajstić information content (AvgIpc) is 3.30. The normalized spacial score (nSPS) is 18.7. The average molecular weight is 465 g/mol. The molecule has 0 aliphatic carbocycles. The predicted molar refractivity (Wildman–Crippen MR) is 128 cm³/mol. The van der Waals surface area contributed by atoms with E-state index in [4.69, 9.17) is 35.6 Å². The maximum atomic E-state index is 6.43. The molecule has 7 heteroatoms. The number of rotatable bonds is 6. The van der Waals surface area contributed by atoms with Crippen molar-refractivity contribution in [2.24, 2.45) is 5.10 Å². The second-order valence-corrected chi connectivity index (χ2v) is 8.31. The summed E-state index contributed by atoms with van der Waals surface area (Å²) in [6.07, 6.45) is 0.358. The first-order valence-electron chi connectivity index (χ1n) is 10.9. The zero-order valence-electron chi connectivity index (χ0n) is 18.7. The Morgan fingerprint density at radius 2 is 1.79 bits per heavy atom. The van der Waals surface area contributed by atoms with E-state index in [0.717, 1.165) is 40.3 Å². The molecule has 3 aromatic carbocycles. The predicted octanol–water partition coefficient (Wildman–Crippen LogP) is 6.00. The van der Waals surface area contributed by atoms with Crippen molar-refractivity contribution in [2.45, 2.75) is 25.6 Å². The fourth-order valence-electron chi connectivity index (χ4n) is 4.36. The van der Waals surface area contributed by atoms with Crippen molar-refractivity contribution < 1.29 is 18.9 Å². The fourth-order valence-corrected chi connectivity index (χ4v) is 4.54. The number of hydrazone groups is 1. The summed E-state index contributed by atoms with van der Waals surface area (Å²) in [5.41, 5.74) is 3.97. The molecular weight excluding hydrogens is 440 g/mol. The van der Waals surface area contributed by atoms with Crippen LogP contribution in [-0.4, -0.2) is 31.5 Å². The van der Waals surface area contributed by atoms with Crippen LogP contribution in [-0.2, 0) is 0 Å². The van der Waals surface area contributed by atoms with Crippen LogP contribution in [0.4, 0.5) is 0 Å². The highest BCUT2D eigenvalue weighted by atomic mass is 35.5. The molecule has 2 aliphatic rings. The second kappa shape index (κ2) is 8.87. The number of methoxy groups -OCH3 is 2. The van der Waals surface area contributed by atoms with Crippen molar-refractivity contribution in [1.82, 2.24) is 5.01 Å². The zero-order valence-corrected chi connectivity index (χ0v) is 19.5. The van der Waals surface area contributed by atoms with E-state index in [9.17, 15) is 0 Å². The number of benzene rings is 3. The number of nitrogens with zero attached hydrogens (tertiary/aromatic N) is 2. The van der Waals surface area contributed by atoms with E-state index in [1.165, 1.54) is 0 Å². The van der Waals surface area contributed by atoms with Gasteiger partial charge < -0.3 is 18.9 Å². The summed E-state index contributed by atoms with van der Waals surface area (Å²) in [7, 11) is 3.26. The van der Waals surface area contributed by atoms with Crippen LogP contribution in [0.5, 0.6) is 23.0 Å². The Hall–Kier alpha value is -3.38. The van der Waals surface area contributed by atoms with Crippen LogP contribution < -0.4 is 18.9 Å². The molecule has 6 nitrogen and oxygen atoms in total. The van der Waals surface area contributed by atoms with Crippen LogP contribution in [0.2, 0.25) is 5.02 Å². The summed E-state index contributed by atoms with van der Waals surface area (Å²) < 4.78 is 22.9. The molecule has 0 bridgehead atoms. The molecule has 170 valence electrons. The third kappa shape index (κ3) is 3.95. The van der Waals surface area contributed by atoms with E-state index in [-0.39, 0.29) is 12.3 Å². The van der Waals surface area contributed by atoms with Gasteiger partial charge in [-0.15, -0.1) is 0 Å². The molecular formula is C26H25ClN2O4. The first kappa shape index (κ1) is 21.5. The van der Waals surface area contributed by atoms with E-state index >= 15 is 0 Å². The van der Waals surface area contributed by atoms with Gasteiger partial charge in [0.15, 0.2) is 11.5 Å². The SMILES string of the molecule is CCOc1ccc([C@H]2Oc3ccc(Cl)cc3[C@H]3CC(c4ccc(OC)c(OC)c4)=NN32)cc1. The van der Waals surface area contributed by atoms with Crippen molar-refractivity contribution in [1.29, 1.82) is 0 Å². The molecule has 0 amide bonds. The lowest BCUT2D eigenvalue weighted by Crippen LogP contribution is -2.33. The van der Waals surface area contributed by atoms with Gasteiger partial charge in [0, 0.05) is 28.1 Å². The van der Waals surface area contributed by atoms with Crippen LogP contribution in [0.25, 0.3) is 0 Å². The molecule has 5 rings (SSSR count). The minimum Gasteiger partial charge on any atom is -0.494 e. The molecule has 0 fully saturated rings. The Kier molecular flexibility index (Phi) is 5.77. The van der Waals surface area contributed by atoms with Gasteiger partial charge in [-0.2, -0.15) is 5.10 Å². The van der Waals surface area contributed by atoms with Crippen LogP contribution in [0.3, 0.4) is 0 Å². The molecule has 0 saturated carbocycles. The van der Waals surface area contributed by atoms with Crippen LogP contribution in [0.15, 0.2) is 65.8 Å². The molecule has 2 atom stereocenters. The fraction of sp³-hybridized carbons (Fsp3) is 0.269. The van der Waals surface area contributed by atoms with Gasteiger partial charge in [0.25, 0.3) is 0 Å². The Morgan fingerprint density at radius 3 is 2.52 bits per heavy atom. The largest absolute Gasteiger partial charge is 0.494 e. The number of hydrogen-bond donors (Lipinski definition) is 0. The first-order valence-corrected chi connectivity index (χ1v) is 11.3. The minimum absolute atomic E-state index is 0.00659. The van der Waals surface area contributed by atoms with E-state index in [1.807, 2.05) is 72.6 Å². The highest BCUT2D eigenvalue weighted by Gasteiger charge is 2.41. The second-order valence-electron chi connectivity index (χ2n) is 7.87. The van der Waals surface area contributed by atoms with Gasteiger partial charge in [0.2, 0.25) is 6.23 Å². The first-order chi connectivity index (χ1) is 16.1. The van der Waals surface area contributed by atoms with Gasteiger partial charge >= 0.3 is 0 Å². The Morgan fingerprint density at radius 1 is 1.00 bits per heavy atom. The summed E-state index contributed by atoms with van der Waals surface area (Å²) >= 11 is 6.34. The van der Waals surface area contributed by atoms with Gasteiger partial charge in [-0.25, -0.2) is 5.01 Å². The summed E-state index contributed by atoms with van der Waals surface area (Å²) in [4.78, 5) is 0. The van der Waals surface area contributed by atoms with E-state index < -0.39 is 0 Å². The highest BCUT2D eigenvalue weighted by molar-refractivity contribution is 6.30. The number of fused-ring (bicyclic) bond motifs is 3. The number of hydrogen-bond acceptors (Lipinski definition) is 6. The van der Waals surface area contributed by atoms with Gasteiger partial charge in [-0.3, -0.25) is 0 Å². The molecule has 0 unspecified atom stereocenters. The topological polar surface area (TPSA) is 52.5 Å². The molecule has 3 aromatic rings. The molecule has 0 spiro atoms. The lowest BCUT2D eigenvalue weighted by Gasteiger charge is -2.38. The Bertz CT molecular complexity index is 1200. The summed E-state index contributed by atoms with van der Waals surface area (Å²) in [5, 5.41) is 7.72. The van der Waals surface area contributed by atoms with Crippen molar-refractivity contribution in [3.63, 3.8) is 0 Å². The van der Waals surface area contributed by atoms with Crippen LogP contribution in [0, 0.1) is 0 Å². The maximum Gasteiger partial charge on any atom is 0.213 e. The van der Waals surface area contributed by atoms with Crippen molar-refractivity contribution in [3.8, 4) is 23.0 Å². The maximum absolute atomic E-state index is 6.43. The summed E-state index contributed by atoms with van der Waals surface area (Å²) in [5.74, 6) is 3.01. The minimum atomic E-state index is -0.364. The summed E-state index contributed by atoms with van der Waals surface area (Å²) in [6, 6.07) is 19.6. The molecule has 0 aromatic heterocycles. The van der Waals surface area contributed by atoms with Crippen LogP contribution >= 0.6 is 11.6 Å². The zero-order chi connectivity index (χ0) is 22.9. The van der Waals surface area contributed by atoms with Gasteiger partial charge in [-0.05, 0) is 67.6 Å². The third-order valence-corrected chi connectivity index (χ3v) is 6.18. The molecule has 0 radical (unpaired) electrons. The van der Waals surface area contributed by atoms with Gasteiger partial charge in [0.1, 0.15) is 11.5 Å². The van der Waals surface area contributed by atoms with Gasteiger partial charge in [0.05, 0.1) is 32.6 Å². The highest BCUT2D eigenvalue weighted by Crippen LogP contribution is 2.48. The number of halogens is 1.